The Balaban J connectivity index is 0.954. The van der Waals surface area contributed by atoms with Gasteiger partial charge < -0.3 is 8.98 Å². The van der Waals surface area contributed by atoms with Crippen molar-refractivity contribution in [2.45, 2.75) is 0 Å². The summed E-state index contributed by atoms with van der Waals surface area (Å²) in [6.45, 7) is 0. The van der Waals surface area contributed by atoms with Gasteiger partial charge in [-0.1, -0.05) is 121 Å². The molecule has 4 aromatic heterocycles. The van der Waals surface area contributed by atoms with Crippen LogP contribution >= 0.6 is 11.3 Å². The Hall–Kier alpha value is -8.19. The van der Waals surface area contributed by atoms with Crippen LogP contribution in [0.15, 0.2) is 199 Å². The standard InChI is InChI=1S/C57H32N4OS/c1-2-12-36-30-49-46(28-35(36)11-1)41-15-5-7-18-48(41)61(49)39-24-20-34-22-26-50-54(45(34)32-39)44-25-21-38(31-51(44)62-50)56-58-55(37-23-27-53-47(29-37)42-16-6-8-19-52(42)63-53)59-57(60-56)43-17-9-13-33-10-3-4-14-40(33)43/h1-32H. The summed E-state index contributed by atoms with van der Waals surface area (Å²) < 4.78 is 11.6. The summed E-state index contributed by atoms with van der Waals surface area (Å²) in [5, 5.41) is 14.0. The maximum atomic E-state index is 6.73. The van der Waals surface area contributed by atoms with E-state index in [-0.39, 0.29) is 0 Å². The highest BCUT2D eigenvalue weighted by atomic mass is 32.1. The number of para-hydroxylation sites is 1. The molecular formula is C57H32N4OS. The van der Waals surface area contributed by atoms with Crippen molar-refractivity contribution in [3.8, 4) is 39.9 Å². The molecule has 0 aliphatic rings. The number of hydrogen-bond donors (Lipinski definition) is 0. The van der Waals surface area contributed by atoms with E-state index in [0.717, 1.165) is 65.9 Å². The van der Waals surface area contributed by atoms with Gasteiger partial charge in [0.15, 0.2) is 17.5 Å². The zero-order valence-electron chi connectivity index (χ0n) is 33.6. The number of hydrogen-bond acceptors (Lipinski definition) is 5. The Bertz CT molecular complexity index is 4230. The van der Waals surface area contributed by atoms with Crippen LogP contribution in [0.3, 0.4) is 0 Å². The molecule has 0 bridgehead atoms. The average molecular weight is 821 g/mol. The molecule has 14 rings (SSSR count). The van der Waals surface area contributed by atoms with Gasteiger partial charge in [0.25, 0.3) is 0 Å². The summed E-state index contributed by atoms with van der Waals surface area (Å²) in [5.41, 5.74) is 7.85. The largest absolute Gasteiger partial charge is 0.456 e. The second-order valence-corrected chi connectivity index (χ2v) is 17.5. The SMILES string of the molecule is c1ccc2cc3c(cc2c1)c1ccccc1n3-c1ccc2ccc3oc4cc(-c5nc(-c6ccc7sc8ccccc8c7c6)nc(-c6cccc7ccccc67)n5)ccc4c3c2c1. The molecule has 0 amide bonds. The number of aromatic nitrogens is 4. The van der Waals surface area contributed by atoms with Crippen LogP contribution in [0.2, 0.25) is 0 Å². The monoisotopic (exact) mass is 820 g/mol. The molecular weight excluding hydrogens is 789 g/mol. The first-order chi connectivity index (χ1) is 31.2. The fourth-order valence-electron chi connectivity index (χ4n) is 9.83. The van der Waals surface area contributed by atoms with Crippen LogP contribution in [-0.4, -0.2) is 19.5 Å². The molecule has 5 nitrogen and oxygen atoms in total. The zero-order chi connectivity index (χ0) is 41.2. The molecule has 0 N–H and O–H groups in total. The van der Waals surface area contributed by atoms with Crippen molar-refractivity contribution in [1.29, 1.82) is 0 Å². The molecule has 0 atom stereocenters. The average Bonchev–Trinajstić information content (AvgIpc) is 4.01. The first-order valence-corrected chi connectivity index (χ1v) is 22.0. The highest BCUT2D eigenvalue weighted by molar-refractivity contribution is 7.25. The summed E-state index contributed by atoms with van der Waals surface area (Å²) in [6, 6.07) is 69.2. The van der Waals surface area contributed by atoms with E-state index in [2.05, 4.69) is 199 Å². The van der Waals surface area contributed by atoms with Crippen molar-refractivity contribution in [2.24, 2.45) is 0 Å². The van der Waals surface area contributed by atoms with Crippen molar-refractivity contribution in [2.75, 3.05) is 0 Å². The molecule has 63 heavy (non-hydrogen) atoms. The maximum absolute atomic E-state index is 6.73. The Morgan fingerprint density at radius 2 is 1.03 bits per heavy atom. The Kier molecular flexibility index (Phi) is 7.21. The minimum atomic E-state index is 0.589. The smallest absolute Gasteiger partial charge is 0.164 e. The van der Waals surface area contributed by atoms with Gasteiger partial charge in [-0.05, 0) is 105 Å². The Morgan fingerprint density at radius 1 is 0.365 bits per heavy atom. The van der Waals surface area contributed by atoms with Crippen LogP contribution < -0.4 is 0 Å². The van der Waals surface area contributed by atoms with Crippen molar-refractivity contribution >= 4 is 108 Å². The number of furan rings is 1. The van der Waals surface area contributed by atoms with E-state index < -0.39 is 0 Å². The van der Waals surface area contributed by atoms with Crippen LogP contribution in [-0.2, 0) is 0 Å². The van der Waals surface area contributed by atoms with Gasteiger partial charge in [0.2, 0.25) is 0 Å². The molecule has 10 aromatic carbocycles. The fourth-order valence-corrected chi connectivity index (χ4v) is 10.9. The van der Waals surface area contributed by atoms with Gasteiger partial charge in [-0.15, -0.1) is 11.3 Å². The van der Waals surface area contributed by atoms with Crippen LogP contribution in [0.4, 0.5) is 0 Å². The Labute approximate surface area is 363 Å². The fraction of sp³-hybridized carbons (Fsp3) is 0. The Morgan fingerprint density at radius 3 is 1.92 bits per heavy atom. The maximum Gasteiger partial charge on any atom is 0.164 e. The minimum Gasteiger partial charge on any atom is -0.456 e. The molecule has 6 heteroatoms. The van der Waals surface area contributed by atoms with Crippen LogP contribution in [0, 0.1) is 0 Å². The lowest BCUT2D eigenvalue weighted by Crippen LogP contribution is -2.00. The molecule has 0 unspecified atom stereocenters. The van der Waals surface area contributed by atoms with Crippen molar-refractivity contribution in [3.05, 3.63) is 194 Å². The highest BCUT2D eigenvalue weighted by Gasteiger charge is 2.19. The molecule has 0 spiro atoms. The first-order valence-electron chi connectivity index (χ1n) is 21.2. The van der Waals surface area contributed by atoms with Crippen LogP contribution in [0.1, 0.15) is 0 Å². The lowest BCUT2D eigenvalue weighted by molar-refractivity contribution is 0.669. The van der Waals surface area contributed by atoms with E-state index in [0.29, 0.717) is 17.5 Å². The van der Waals surface area contributed by atoms with E-state index in [1.165, 1.54) is 52.8 Å². The summed E-state index contributed by atoms with van der Waals surface area (Å²) in [6.07, 6.45) is 0. The van der Waals surface area contributed by atoms with Gasteiger partial charge in [-0.2, -0.15) is 0 Å². The molecule has 4 heterocycles. The number of benzene rings is 10. The minimum absolute atomic E-state index is 0.589. The first kappa shape index (κ1) is 34.5. The van der Waals surface area contributed by atoms with Crippen molar-refractivity contribution in [3.63, 3.8) is 0 Å². The van der Waals surface area contributed by atoms with E-state index in [4.69, 9.17) is 19.4 Å². The van der Waals surface area contributed by atoms with Gasteiger partial charge in [-0.25, -0.2) is 15.0 Å². The van der Waals surface area contributed by atoms with Gasteiger partial charge in [-0.3, -0.25) is 0 Å². The van der Waals surface area contributed by atoms with Crippen molar-refractivity contribution < 1.29 is 4.42 Å². The normalized spacial score (nSPS) is 12.1. The molecule has 0 aliphatic heterocycles. The molecule has 292 valence electrons. The van der Waals surface area contributed by atoms with Crippen LogP contribution in [0.5, 0.6) is 0 Å². The van der Waals surface area contributed by atoms with Crippen molar-refractivity contribution in [1.82, 2.24) is 19.5 Å². The van der Waals surface area contributed by atoms with E-state index in [1.807, 2.05) is 0 Å². The summed E-state index contributed by atoms with van der Waals surface area (Å²) in [5.74, 6) is 1.84. The van der Waals surface area contributed by atoms with E-state index in [9.17, 15) is 0 Å². The highest BCUT2D eigenvalue weighted by Crippen LogP contribution is 2.41. The second kappa shape index (κ2) is 13.2. The predicted molar refractivity (Wildman–Crippen MR) is 263 cm³/mol. The number of nitrogens with zero attached hydrogens (tertiary/aromatic N) is 4. The zero-order valence-corrected chi connectivity index (χ0v) is 34.4. The predicted octanol–water partition coefficient (Wildman–Crippen LogP) is 15.7. The van der Waals surface area contributed by atoms with Gasteiger partial charge in [0.1, 0.15) is 11.2 Å². The molecule has 0 saturated carbocycles. The number of thiophene rings is 1. The second-order valence-electron chi connectivity index (χ2n) is 16.4. The third-order valence-corrected chi connectivity index (χ3v) is 13.9. The number of rotatable bonds is 4. The third-order valence-electron chi connectivity index (χ3n) is 12.8. The summed E-state index contributed by atoms with van der Waals surface area (Å²) in [7, 11) is 0. The van der Waals surface area contributed by atoms with Gasteiger partial charge in [0.05, 0.1) is 11.0 Å². The third kappa shape index (κ3) is 5.25. The quantitative estimate of drug-likeness (QED) is 0.177. The topological polar surface area (TPSA) is 56.7 Å². The van der Waals surface area contributed by atoms with Gasteiger partial charge in [0, 0.05) is 64.1 Å². The van der Waals surface area contributed by atoms with Gasteiger partial charge >= 0.3 is 0 Å². The summed E-state index contributed by atoms with van der Waals surface area (Å²) >= 11 is 1.81. The molecule has 0 aliphatic carbocycles. The van der Waals surface area contributed by atoms with Crippen LogP contribution in [0.25, 0.3) is 136 Å². The molecule has 0 fully saturated rings. The van der Waals surface area contributed by atoms with E-state index in [1.54, 1.807) is 11.3 Å². The van der Waals surface area contributed by atoms with E-state index >= 15 is 0 Å². The lowest BCUT2D eigenvalue weighted by atomic mass is 10.0. The molecule has 0 radical (unpaired) electrons. The molecule has 14 aromatic rings. The summed E-state index contributed by atoms with van der Waals surface area (Å²) in [4.78, 5) is 15.6. The number of fused-ring (bicyclic) bond motifs is 13. The lowest BCUT2D eigenvalue weighted by Gasteiger charge is -2.11. The molecule has 0 saturated heterocycles.